The molecule has 1 aliphatic rings. The molecule has 0 saturated heterocycles. The lowest BCUT2D eigenvalue weighted by atomic mass is 9.99. The van der Waals surface area contributed by atoms with Crippen molar-refractivity contribution < 1.29 is 31.9 Å². The van der Waals surface area contributed by atoms with Gasteiger partial charge in [-0.05, 0) is 11.1 Å². The van der Waals surface area contributed by atoms with Gasteiger partial charge in [0.1, 0.15) is 5.82 Å². The standard InChI is InChI=1S/C15H9F5N2O2/c16-11-7-21-13(17)5-10(11)8-1-3-9(4-2-8)12-6-14(23,24-22-12)15(18,19)20/h1-5,7,23H,6H2. The number of aliphatic hydroxyl groups is 1. The van der Waals surface area contributed by atoms with Crippen LogP contribution in [-0.4, -0.2) is 27.8 Å². The van der Waals surface area contributed by atoms with Gasteiger partial charge in [0.2, 0.25) is 5.95 Å². The van der Waals surface area contributed by atoms with Crippen molar-refractivity contribution >= 4 is 5.71 Å². The van der Waals surface area contributed by atoms with E-state index < -0.39 is 30.1 Å². The predicted molar refractivity (Wildman–Crippen MR) is 72.8 cm³/mol. The number of nitrogens with zero attached hydrogens (tertiary/aromatic N) is 2. The molecule has 0 amide bonds. The molecule has 126 valence electrons. The summed E-state index contributed by atoms with van der Waals surface area (Å²) in [5, 5.41) is 12.7. The van der Waals surface area contributed by atoms with Crippen LogP contribution in [0.3, 0.4) is 0 Å². The Morgan fingerprint density at radius 3 is 2.29 bits per heavy atom. The minimum atomic E-state index is -4.99. The normalized spacial score (nSPS) is 20.7. The molecule has 9 heteroatoms. The summed E-state index contributed by atoms with van der Waals surface area (Å²) in [5.41, 5.74) is 0.422. The van der Waals surface area contributed by atoms with Gasteiger partial charge in [0.05, 0.1) is 18.3 Å². The van der Waals surface area contributed by atoms with Crippen molar-refractivity contribution in [3.8, 4) is 11.1 Å². The summed E-state index contributed by atoms with van der Waals surface area (Å²) >= 11 is 0. The van der Waals surface area contributed by atoms with Crippen molar-refractivity contribution in [3.05, 3.63) is 53.9 Å². The zero-order chi connectivity index (χ0) is 17.5. The number of hydrogen-bond acceptors (Lipinski definition) is 4. The van der Waals surface area contributed by atoms with Gasteiger partial charge in [-0.3, -0.25) is 0 Å². The van der Waals surface area contributed by atoms with Gasteiger partial charge >= 0.3 is 12.0 Å². The minimum absolute atomic E-state index is 0.0366. The Hall–Kier alpha value is -2.55. The smallest absolute Gasteiger partial charge is 0.350 e. The van der Waals surface area contributed by atoms with Crippen LogP contribution in [0.25, 0.3) is 11.1 Å². The van der Waals surface area contributed by atoms with E-state index in [0.717, 1.165) is 12.3 Å². The van der Waals surface area contributed by atoms with Crippen molar-refractivity contribution in [2.24, 2.45) is 5.16 Å². The minimum Gasteiger partial charge on any atom is -0.350 e. The Kier molecular flexibility index (Phi) is 3.75. The second kappa shape index (κ2) is 5.52. The first-order valence-electron chi connectivity index (χ1n) is 6.66. The summed E-state index contributed by atoms with van der Waals surface area (Å²) in [5.74, 6) is -4.96. The van der Waals surface area contributed by atoms with Crippen molar-refractivity contribution in [2.45, 2.75) is 18.4 Å². The van der Waals surface area contributed by atoms with E-state index in [2.05, 4.69) is 15.0 Å². The number of oxime groups is 1. The highest BCUT2D eigenvalue weighted by Gasteiger charge is 2.60. The van der Waals surface area contributed by atoms with Crippen LogP contribution in [0.15, 0.2) is 41.7 Å². The molecule has 4 nitrogen and oxygen atoms in total. The van der Waals surface area contributed by atoms with Gasteiger partial charge in [-0.2, -0.15) is 17.6 Å². The highest BCUT2D eigenvalue weighted by Crippen LogP contribution is 2.39. The molecule has 0 saturated carbocycles. The molecule has 2 aromatic rings. The zero-order valence-corrected chi connectivity index (χ0v) is 11.8. The van der Waals surface area contributed by atoms with E-state index in [9.17, 15) is 27.1 Å². The van der Waals surface area contributed by atoms with E-state index >= 15 is 0 Å². The topological polar surface area (TPSA) is 54.7 Å². The summed E-state index contributed by atoms with van der Waals surface area (Å²) in [6.45, 7) is 0. The first-order valence-corrected chi connectivity index (χ1v) is 6.66. The Labute approximate surface area is 132 Å². The molecule has 0 bridgehead atoms. The number of aromatic nitrogens is 1. The Morgan fingerprint density at radius 1 is 1.08 bits per heavy atom. The van der Waals surface area contributed by atoms with E-state index in [-0.39, 0.29) is 16.8 Å². The highest BCUT2D eigenvalue weighted by atomic mass is 19.4. The Morgan fingerprint density at radius 2 is 1.71 bits per heavy atom. The fraction of sp³-hybridized carbons (Fsp3) is 0.200. The quantitative estimate of drug-likeness (QED) is 0.671. The van der Waals surface area contributed by atoms with Crippen molar-refractivity contribution in [1.82, 2.24) is 4.98 Å². The molecular weight excluding hydrogens is 335 g/mol. The van der Waals surface area contributed by atoms with Gasteiger partial charge in [0.15, 0.2) is 0 Å². The highest BCUT2D eigenvalue weighted by molar-refractivity contribution is 6.01. The number of rotatable bonds is 2. The number of alkyl halides is 3. The lowest BCUT2D eigenvalue weighted by Crippen LogP contribution is -2.45. The third-order valence-electron chi connectivity index (χ3n) is 3.51. The fourth-order valence-electron chi connectivity index (χ4n) is 2.21. The summed E-state index contributed by atoms with van der Waals surface area (Å²) in [4.78, 5) is 7.30. The first kappa shape index (κ1) is 16.3. The number of pyridine rings is 1. The summed E-state index contributed by atoms with van der Waals surface area (Å²) < 4.78 is 64.8. The summed E-state index contributed by atoms with van der Waals surface area (Å²) in [6.07, 6.45) is -5.12. The van der Waals surface area contributed by atoms with Gasteiger partial charge in [-0.1, -0.05) is 29.4 Å². The van der Waals surface area contributed by atoms with Crippen LogP contribution >= 0.6 is 0 Å². The average Bonchev–Trinajstić information content (AvgIpc) is 2.94. The monoisotopic (exact) mass is 344 g/mol. The Bertz CT molecular complexity index is 805. The van der Waals surface area contributed by atoms with Gasteiger partial charge < -0.3 is 9.94 Å². The molecule has 1 aliphatic heterocycles. The average molecular weight is 344 g/mol. The molecule has 0 aliphatic carbocycles. The van der Waals surface area contributed by atoms with Crippen molar-refractivity contribution in [2.75, 3.05) is 0 Å². The second-order valence-corrected chi connectivity index (χ2v) is 5.15. The van der Waals surface area contributed by atoms with Crippen LogP contribution in [0.1, 0.15) is 12.0 Å². The van der Waals surface area contributed by atoms with E-state index in [1.807, 2.05) is 0 Å². The molecular formula is C15H9F5N2O2. The zero-order valence-electron chi connectivity index (χ0n) is 11.8. The maximum atomic E-state index is 13.7. The van der Waals surface area contributed by atoms with Crippen LogP contribution in [0.2, 0.25) is 0 Å². The molecule has 0 fully saturated rings. The van der Waals surface area contributed by atoms with E-state index in [0.29, 0.717) is 5.56 Å². The molecule has 3 rings (SSSR count). The molecule has 1 atom stereocenters. The molecule has 1 aromatic heterocycles. The number of benzene rings is 1. The number of hydrogen-bond donors (Lipinski definition) is 1. The van der Waals surface area contributed by atoms with Gasteiger partial charge in [0, 0.05) is 11.6 Å². The van der Waals surface area contributed by atoms with Gasteiger partial charge in [0.25, 0.3) is 0 Å². The van der Waals surface area contributed by atoms with Gasteiger partial charge in [-0.25, -0.2) is 9.37 Å². The molecule has 1 unspecified atom stereocenters. The maximum Gasteiger partial charge on any atom is 0.458 e. The molecule has 1 aromatic carbocycles. The van der Waals surface area contributed by atoms with Crippen LogP contribution in [-0.2, 0) is 4.84 Å². The van der Waals surface area contributed by atoms with Crippen LogP contribution in [0.4, 0.5) is 22.0 Å². The van der Waals surface area contributed by atoms with Crippen molar-refractivity contribution in [1.29, 1.82) is 0 Å². The van der Waals surface area contributed by atoms with Crippen LogP contribution in [0.5, 0.6) is 0 Å². The van der Waals surface area contributed by atoms with Crippen LogP contribution in [0, 0.1) is 11.8 Å². The van der Waals surface area contributed by atoms with Gasteiger partial charge in [-0.15, -0.1) is 0 Å². The molecule has 2 heterocycles. The Balaban J connectivity index is 1.85. The lowest BCUT2D eigenvalue weighted by molar-refractivity contribution is -0.355. The van der Waals surface area contributed by atoms with Crippen molar-refractivity contribution in [3.63, 3.8) is 0 Å². The summed E-state index contributed by atoms with van der Waals surface area (Å²) in [6, 6.07) is 6.43. The SMILES string of the molecule is OC1(C(F)(F)F)CC(c2ccc(-c3cc(F)ncc3F)cc2)=NO1. The molecule has 0 spiro atoms. The lowest BCUT2D eigenvalue weighted by Gasteiger charge is -2.22. The molecule has 24 heavy (non-hydrogen) atoms. The van der Waals surface area contributed by atoms with E-state index in [4.69, 9.17) is 0 Å². The first-order chi connectivity index (χ1) is 11.2. The third-order valence-corrected chi connectivity index (χ3v) is 3.51. The summed E-state index contributed by atoms with van der Waals surface area (Å²) in [7, 11) is 0. The van der Waals surface area contributed by atoms with E-state index in [1.165, 1.54) is 24.3 Å². The number of halogens is 5. The molecule has 1 N–H and O–H groups in total. The van der Waals surface area contributed by atoms with Crippen LogP contribution < -0.4 is 0 Å². The fourth-order valence-corrected chi connectivity index (χ4v) is 2.21. The maximum absolute atomic E-state index is 13.7. The largest absolute Gasteiger partial charge is 0.458 e. The predicted octanol–water partition coefficient (Wildman–Crippen LogP) is 3.40. The third kappa shape index (κ3) is 2.82. The second-order valence-electron chi connectivity index (χ2n) is 5.15. The van der Waals surface area contributed by atoms with E-state index in [1.54, 1.807) is 0 Å². The molecule has 0 radical (unpaired) electrons.